The largest absolute Gasteiger partial charge is 0.495 e. The van der Waals surface area contributed by atoms with Crippen LogP contribution in [0.25, 0.3) is 0 Å². The number of carbonyl (C=O) groups is 1. The fourth-order valence-corrected chi connectivity index (χ4v) is 2.80. The monoisotopic (exact) mass is 258 g/mol. The van der Waals surface area contributed by atoms with E-state index in [-0.39, 0.29) is 5.91 Å². The van der Waals surface area contributed by atoms with Crippen LogP contribution in [0.5, 0.6) is 5.75 Å². The van der Waals surface area contributed by atoms with Crippen molar-refractivity contribution in [1.82, 2.24) is 0 Å². The molecule has 0 saturated heterocycles. The van der Waals surface area contributed by atoms with E-state index in [9.17, 15) is 9.59 Å². The lowest BCUT2D eigenvalue weighted by molar-refractivity contribution is -0.115. The summed E-state index contributed by atoms with van der Waals surface area (Å²) in [6.07, 6.45) is 4.74. The number of methoxy groups -OCH3 is 1. The number of amides is 1. The van der Waals surface area contributed by atoms with Gasteiger partial charge in [-0.1, -0.05) is 6.07 Å². The summed E-state index contributed by atoms with van der Waals surface area (Å²) in [6, 6.07) is 3.82. The SMILES string of the molecule is COc1cc(C2(N=C=O)CCC2)cc2c1NC(=O)C2. The van der Waals surface area contributed by atoms with Gasteiger partial charge in [0.05, 0.1) is 24.8 Å². The Morgan fingerprint density at radius 2 is 2.21 bits per heavy atom. The number of hydrogen-bond acceptors (Lipinski definition) is 4. The second-order valence-corrected chi connectivity index (χ2v) is 5.03. The van der Waals surface area contributed by atoms with Gasteiger partial charge in [0, 0.05) is 0 Å². The smallest absolute Gasteiger partial charge is 0.235 e. The van der Waals surface area contributed by atoms with Gasteiger partial charge in [0.25, 0.3) is 0 Å². The second-order valence-electron chi connectivity index (χ2n) is 5.03. The molecule has 1 aromatic carbocycles. The molecule has 0 unspecified atom stereocenters. The van der Waals surface area contributed by atoms with Crippen LogP contribution in [0.3, 0.4) is 0 Å². The van der Waals surface area contributed by atoms with Crippen LogP contribution in [0.4, 0.5) is 5.69 Å². The van der Waals surface area contributed by atoms with Gasteiger partial charge in [-0.2, -0.15) is 4.99 Å². The van der Waals surface area contributed by atoms with Crippen molar-refractivity contribution in [3.05, 3.63) is 23.3 Å². The lowest BCUT2D eigenvalue weighted by Crippen LogP contribution is -2.32. The molecule has 1 aliphatic carbocycles. The number of rotatable bonds is 3. The van der Waals surface area contributed by atoms with Gasteiger partial charge in [-0.05, 0) is 36.5 Å². The lowest BCUT2D eigenvalue weighted by atomic mass is 9.72. The van der Waals surface area contributed by atoms with Gasteiger partial charge in [-0.3, -0.25) is 4.79 Å². The molecule has 1 aliphatic heterocycles. The van der Waals surface area contributed by atoms with Crippen molar-refractivity contribution in [3.8, 4) is 5.75 Å². The topological polar surface area (TPSA) is 67.8 Å². The Balaban J connectivity index is 2.11. The molecule has 0 bridgehead atoms. The summed E-state index contributed by atoms with van der Waals surface area (Å²) in [5.74, 6) is 0.595. The zero-order valence-corrected chi connectivity index (χ0v) is 10.7. The highest BCUT2D eigenvalue weighted by Crippen LogP contribution is 2.48. The van der Waals surface area contributed by atoms with Gasteiger partial charge in [-0.15, -0.1) is 0 Å². The van der Waals surface area contributed by atoms with E-state index in [2.05, 4.69) is 10.3 Å². The molecule has 2 aliphatic rings. The Hall–Kier alpha value is -2.13. The van der Waals surface area contributed by atoms with E-state index >= 15 is 0 Å². The molecule has 0 radical (unpaired) electrons. The third kappa shape index (κ3) is 1.74. The van der Waals surface area contributed by atoms with Crippen molar-refractivity contribution in [2.75, 3.05) is 12.4 Å². The van der Waals surface area contributed by atoms with Gasteiger partial charge in [0.1, 0.15) is 5.75 Å². The lowest BCUT2D eigenvalue weighted by Gasteiger charge is -2.37. The van der Waals surface area contributed by atoms with Crippen LogP contribution in [-0.2, 0) is 21.5 Å². The summed E-state index contributed by atoms with van der Waals surface area (Å²) in [5, 5.41) is 2.79. The maximum Gasteiger partial charge on any atom is 0.235 e. The molecule has 5 heteroatoms. The minimum absolute atomic E-state index is 0.0352. The second kappa shape index (κ2) is 4.21. The molecule has 1 saturated carbocycles. The molecule has 0 spiro atoms. The third-order valence-corrected chi connectivity index (χ3v) is 4.00. The number of nitrogens with zero attached hydrogens (tertiary/aromatic N) is 1. The van der Waals surface area contributed by atoms with E-state index in [0.717, 1.165) is 36.1 Å². The molecule has 19 heavy (non-hydrogen) atoms. The van der Waals surface area contributed by atoms with Crippen LogP contribution in [-0.4, -0.2) is 19.1 Å². The molecule has 98 valence electrons. The average molecular weight is 258 g/mol. The highest BCUT2D eigenvalue weighted by molar-refractivity contribution is 6.01. The summed E-state index contributed by atoms with van der Waals surface area (Å²) in [5.41, 5.74) is 2.12. The molecular weight excluding hydrogens is 244 g/mol. The predicted octanol–water partition coefficient (Wildman–Crippen LogP) is 1.90. The summed E-state index contributed by atoms with van der Waals surface area (Å²) >= 11 is 0. The maximum atomic E-state index is 11.5. The van der Waals surface area contributed by atoms with Crippen molar-refractivity contribution in [3.63, 3.8) is 0 Å². The van der Waals surface area contributed by atoms with Crippen molar-refractivity contribution in [2.45, 2.75) is 31.2 Å². The minimum atomic E-state index is -0.463. The first-order chi connectivity index (χ1) is 9.18. The van der Waals surface area contributed by atoms with E-state index in [1.807, 2.05) is 12.1 Å². The number of fused-ring (bicyclic) bond motifs is 1. The van der Waals surface area contributed by atoms with E-state index in [0.29, 0.717) is 12.2 Å². The third-order valence-electron chi connectivity index (χ3n) is 4.00. The van der Waals surface area contributed by atoms with Gasteiger partial charge >= 0.3 is 0 Å². The Kier molecular flexibility index (Phi) is 2.64. The molecule has 1 N–H and O–H groups in total. The number of isocyanates is 1. The number of hydrogen-bond donors (Lipinski definition) is 1. The van der Waals surface area contributed by atoms with Crippen molar-refractivity contribution >= 4 is 17.7 Å². The molecule has 0 aromatic heterocycles. The van der Waals surface area contributed by atoms with Crippen molar-refractivity contribution < 1.29 is 14.3 Å². The van der Waals surface area contributed by atoms with Crippen LogP contribution in [0.1, 0.15) is 30.4 Å². The van der Waals surface area contributed by atoms with Crippen LogP contribution < -0.4 is 10.1 Å². The highest BCUT2D eigenvalue weighted by atomic mass is 16.5. The zero-order chi connectivity index (χ0) is 13.5. The number of ether oxygens (including phenoxy) is 1. The Morgan fingerprint density at radius 3 is 2.79 bits per heavy atom. The average Bonchev–Trinajstić information content (AvgIpc) is 2.72. The van der Waals surface area contributed by atoms with E-state index < -0.39 is 5.54 Å². The summed E-state index contributed by atoms with van der Waals surface area (Å²) in [4.78, 5) is 26.1. The van der Waals surface area contributed by atoms with Gasteiger partial charge in [0.15, 0.2) is 0 Å². The van der Waals surface area contributed by atoms with Crippen LogP contribution >= 0.6 is 0 Å². The van der Waals surface area contributed by atoms with Gasteiger partial charge in [0.2, 0.25) is 12.0 Å². The number of benzene rings is 1. The fraction of sp³-hybridized carbons (Fsp3) is 0.429. The van der Waals surface area contributed by atoms with Crippen LogP contribution in [0.15, 0.2) is 17.1 Å². The molecule has 1 amide bonds. The Labute approximate surface area is 110 Å². The molecule has 5 nitrogen and oxygen atoms in total. The predicted molar refractivity (Wildman–Crippen MR) is 69.0 cm³/mol. The Bertz CT molecular complexity index is 599. The van der Waals surface area contributed by atoms with E-state index in [4.69, 9.17) is 4.74 Å². The first-order valence-corrected chi connectivity index (χ1v) is 6.29. The molecule has 1 fully saturated rings. The summed E-state index contributed by atoms with van der Waals surface area (Å²) in [7, 11) is 1.57. The fourth-order valence-electron chi connectivity index (χ4n) is 2.80. The molecule has 1 heterocycles. The Morgan fingerprint density at radius 1 is 1.42 bits per heavy atom. The van der Waals surface area contributed by atoms with Crippen LogP contribution in [0.2, 0.25) is 0 Å². The first kappa shape index (κ1) is 11.9. The standard InChI is InChI=1S/C14H14N2O3/c1-19-11-7-10(14(15-8-17)3-2-4-14)5-9-6-12(18)16-13(9)11/h5,7H,2-4,6H2,1H3,(H,16,18). The maximum absolute atomic E-state index is 11.5. The highest BCUT2D eigenvalue weighted by Gasteiger charge is 2.40. The molecule has 0 atom stereocenters. The molecule has 1 aromatic rings. The van der Waals surface area contributed by atoms with Crippen molar-refractivity contribution in [1.29, 1.82) is 0 Å². The van der Waals surface area contributed by atoms with E-state index in [1.165, 1.54) is 0 Å². The van der Waals surface area contributed by atoms with Crippen molar-refractivity contribution in [2.24, 2.45) is 4.99 Å². The summed E-state index contributed by atoms with van der Waals surface area (Å²) < 4.78 is 5.33. The number of aliphatic imine (C=N–C) groups is 1. The summed E-state index contributed by atoms with van der Waals surface area (Å²) in [6.45, 7) is 0. The quantitative estimate of drug-likeness (QED) is 0.665. The zero-order valence-electron chi connectivity index (χ0n) is 10.7. The number of carbonyl (C=O) groups excluding carboxylic acids is 2. The number of nitrogens with one attached hydrogen (secondary N) is 1. The van der Waals surface area contributed by atoms with Gasteiger partial charge in [-0.25, -0.2) is 4.79 Å². The minimum Gasteiger partial charge on any atom is -0.495 e. The normalized spacial score (nSPS) is 18.9. The van der Waals surface area contributed by atoms with E-state index in [1.54, 1.807) is 13.2 Å². The first-order valence-electron chi connectivity index (χ1n) is 6.29. The molecular formula is C14H14N2O3. The molecule has 3 rings (SSSR count). The van der Waals surface area contributed by atoms with Crippen LogP contribution in [0, 0.1) is 0 Å². The van der Waals surface area contributed by atoms with Gasteiger partial charge < -0.3 is 10.1 Å². The number of anilines is 1.